The van der Waals surface area contributed by atoms with Crippen molar-refractivity contribution >= 4 is 21.7 Å². The molecule has 0 saturated heterocycles. The first-order valence-corrected chi connectivity index (χ1v) is 7.74. The number of benzene rings is 1. The van der Waals surface area contributed by atoms with Crippen LogP contribution in [0.5, 0.6) is 0 Å². The number of hydrogen-bond donors (Lipinski definition) is 2. The summed E-state index contributed by atoms with van der Waals surface area (Å²) in [5.74, 6) is -0.111. The number of pyridine rings is 1. The van der Waals surface area contributed by atoms with E-state index < -0.39 is 0 Å². The monoisotopic (exact) mass is 340 g/mol. The number of H-pyrrole nitrogens is 2. The molecular formula is C16H9FN4O2S. The molecule has 6 nitrogen and oxygen atoms in total. The average molecular weight is 340 g/mol. The lowest BCUT2D eigenvalue weighted by Gasteiger charge is -2.02. The number of hydrogen-bond acceptors (Lipinski definition) is 5. The van der Waals surface area contributed by atoms with Crippen LogP contribution < -0.4 is 11.1 Å². The van der Waals surface area contributed by atoms with Crippen LogP contribution in [0.25, 0.3) is 33.0 Å². The number of aromatic amines is 2. The third kappa shape index (κ3) is 2.42. The van der Waals surface area contributed by atoms with Crippen molar-refractivity contribution in [3.8, 4) is 22.8 Å². The maximum absolute atomic E-state index is 13.1. The molecule has 0 aliphatic heterocycles. The lowest BCUT2D eigenvalue weighted by Crippen LogP contribution is -2.11. The molecule has 0 saturated carbocycles. The molecule has 3 heterocycles. The molecule has 4 aromatic rings. The van der Waals surface area contributed by atoms with Gasteiger partial charge in [0.05, 0.1) is 5.69 Å². The molecule has 8 heteroatoms. The third-order valence-electron chi connectivity index (χ3n) is 3.47. The van der Waals surface area contributed by atoms with Gasteiger partial charge in [-0.2, -0.15) is 4.37 Å². The number of aromatic nitrogens is 4. The standard InChI is InChI=1S/C16H9FN4O2S/c17-9-6-4-8(5-7-9)12-13-14(24-21-12)16(23)20-15(19-13)10-2-1-3-11(22)18-10/h1-7H,(H,18,22)(H,19,20,23). The normalized spacial score (nSPS) is 11.0. The molecule has 0 aliphatic rings. The molecule has 118 valence electrons. The average Bonchev–Trinajstić information content (AvgIpc) is 3.00. The fourth-order valence-corrected chi connectivity index (χ4v) is 3.09. The Morgan fingerprint density at radius 2 is 1.79 bits per heavy atom. The van der Waals surface area contributed by atoms with Crippen molar-refractivity contribution < 1.29 is 4.39 Å². The van der Waals surface area contributed by atoms with E-state index in [-0.39, 0.29) is 22.8 Å². The third-order valence-corrected chi connectivity index (χ3v) is 4.31. The van der Waals surface area contributed by atoms with Crippen molar-refractivity contribution in [3.63, 3.8) is 0 Å². The van der Waals surface area contributed by atoms with Gasteiger partial charge in [-0.15, -0.1) is 0 Å². The van der Waals surface area contributed by atoms with Crippen molar-refractivity contribution in [2.75, 3.05) is 0 Å². The van der Waals surface area contributed by atoms with E-state index in [2.05, 4.69) is 19.3 Å². The summed E-state index contributed by atoms with van der Waals surface area (Å²) in [4.78, 5) is 33.4. The minimum absolute atomic E-state index is 0.244. The van der Waals surface area contributed by atoms with Crippen LogP contribution in [0.3, 0.4) is 0 Å². The minimum atomic E-state index is -0.355. The molecule has 0 aliphatic carbocycles. The first-order chi connectivity index (χ1) is 11.6. The van der Waals surface area contributed by atoms with Crippen LogP contribution in [0.15, 0.2) is 52.1 Å². The Morgan fingerprint density at radius 1 is 1.00 bits per heavy atom. The molecule has 0 unspecified atom stereocenters. The van der Waals surface area contributed by atoms with Gasteiger partial charge in [0.2, 0.25) is 5.56 Å². The zero-order valence-corrected chi connectivity index (χ0v) is 12.9. The van der Waals surface area contributed by atoms with Crippen LogP contribution in [-0.4, -0.2) is 19.3 Å². The molecule has 0 atom stereocenters. The Hall–Kier alpha value is -3.13. The molecule has 0 fully saturated rings. The van der Waals surface area contributed by atoms with Gasteiger partial charge in [0, 0.05) is 11.6 Å². The van der Waals surface area contributed by atoms with E-state index in [1.165, 1.54) is 18.2 Å². The second-order valence-corrected chi connectivity index (χ2v) is 5.83. The van der Waals surface area contributed by atoms with E-state index >= 15 is 0 Å². The quantitative estimate of drug-likeness (QED) is 0.587. The summed E-state index contributed by atoms with van der Waals surface area (Å²) in [6.07, 6.45) is 0. The minimum Gasteiger partial charge on any atom is -0.319 e. The van der Waals surface area contributed by atoms with E-state index in [4.69, 9.17) is 0 Å². The van der Waals surface area contributed by atoms with Gasteiger partial charge in [-0.25, -0.2) is 9.37 Å². The van der Waals surface area contributed by atoms with Crippen LogP contribution in [0.1, 0.15) is 0 Å². The van der Waals surface area contributed by atoms with Crippen molar-refractivity contribution in [1.82, 2.24) is 19.3 Å². The van der Waals surface area contributed by atoms with Crippen LogP contribution >= 0.6 is 11.5 Å². The van der Waals surface area contributed by atoms with Crippen molar-refractivity contribution in [2.45, 2.75) is 0 Å². The molecule has 2 N–H and O–H groups in total. The van der Waals surface area contributed by atoms with Gasteiger partial charge in [-0.05, 0) is 41.9 Å². The highest BCUT2D eigenvalue weighted by Crippen LogP contribution is 2.28. The van der Waals surface area contributed by atoms with Crippen molar-refractivity contribution in [3.05, 3.63) is 69.0 Å². The van der Waals surface area contributed by atoms with Gasteiger partial charge in [0.25, 0.3) is 5.56 Å². The van der Waals surface area contributed by atoms with E-state index in [0.29, 0.717) is 27.2 Å². The summed E-state index contributed by atoms with van der Waals surface area (Å²) in [5, 5.41) is 0. The largest absolute Gasteiger partial charge is 0.319 e. The Balaban J connectivity index is 1.96. The second kappa shape index (κ2) is 5.50. The Labute approximate surface area is 137 Å². The fraction of sp³-hybridized carbons (Fsp3) is 0. The number of nitrogens with one attached hydrogen (secondary N) is 2. The summed E-state index contributed by atoms with van der Waals surface area (Å²) in [6, 6.07) is 10.4. The van der Waals surface area contributed by atoms with Crippen molar-refractivity contribution in [1.29, 1.82) is 0 Å². The predicted molar refractivity (Wildman–Crippen MR) is 89.5 cm³/mol. The van der Waals surface area contributed by atoms with Gasteiger partial charge in [-0.1, -0.05) is 6.07 Å². The summed E-state index contributed by atoms with van der Waals surface area (Å²) < 4.78 is 17.8. The molecule has 1 aromatic carbocycles. The van der Waals surface area contributed by atoms with E-state index in [1.54, 1.807) is 24.3 Å². The van der Waals surface area contributed by atoms with E-state index in [1.807, 2.05) is 0 Å². The topological polar surface area (TPSA) is 91.5 Å². The summed E-state index contributed by atoms with van der Waals surface area (Å²) >= 11 is 1.02. The number of fused-ring (bicyclic) bond motifs is 1. The molecule has 0 radical (unpaired) electrons. The Morgan fingerprint density at radius 3 is 2.54 bits per heavy atom. The lowest BCUT2D eigenvalue weighted by molar-refractivity contribution is 0.628. The van der Waals surface area contributed by atoms with Gasteiger partial charge in [-0.3, -0.25) is 9.59 Å². The highest BCUT2D eigenvalue weighted by Gasteiger charge is 2.15. The highest BCUT2D eigenvalue weighted by molar-refractivity contribution is 7.13. The van der Waals surface area contributed by atoms with Crippen molar-refractivity contribution in [2.24, 2.45) is 0 Å². The Bertz CT molecular complexity index is 1160. The molecule has 3 aromatic heterocycles. The summed E-state index contributed by atoms with van der Waals surface area (Å²) in [5.41, 5.74) is 1.34. The predicted octanol–water partition coefficient (Wildman–Crippen LogP) is 2.54. The first-order valence-electron chi connectivity index (χ1n) is 6.97. The molecule has 0 spiro atoms. The lowest BCUT2D eigenvalue weighted by atomic mass is 10.1. The number of nitrogens with zero attached hydrogens (tertiary/aromatic N) is 2. The number of rotatable bonds is 2. The van der Waals surface area contributed by atoms with Gasteiger partial charge < -0.3 is 9.97 Å². The van der Waals surface area contributed by atoms with Crippen LogP contribution in [0.2, 0.25) is 0 Å². The van der Waals surface area contributed by atoms with Crippen LogP contribution in [0.4, 0.5) is 4.39 Å². The smallest absolute Gasteiger partial charge is 0.270 e. The zero-order chi connectivity index (χ0) is 16.7. The Kier molecular flexibility index (Phi) is 3.31. The molecule has 4 rings (SSSR count). The first kappa shape index (κ1) is 14.5. The summed E-state index contributed by atoms with van der Waals surface area (Å²) in [7, 11) is 0. The maximum atomic E-state index is 13.1. The fourth-order valence-electron chi connectivity index (χ4n) is 2.35. The highest BCUT2D eigenvalue weighted by atomic mass is 32.1. The second-order valence-electron chi connectivity index (χ2n) is 5.06. The van der Waals surface area contributed by atoms with Gasteiger partial charge in [0.1, 0.15) is 21.7 Å². The van der Waals surface area contributed by atoms with Gasteiger partial charge in [0.15, 0.2) is 5.82 Å². The van der Waals surface area contributed by atoms with Crippen LogP contribution in [0, 0.1) is 5.82 Å². The molecule has 24 heavy (non-hydrogen) atoms. The van der Waals surface area contributed by atoms with Gasteiger partial charge >= 0.3 is 0 Å². The molecular weight excluding hydrogens is 331 g/mol. The summed E-state index contributed by atoms with van der Waals surface area (Å²) in [6.45, 7) is 0. The molecule has 0 amide bonds. The van der Waals surface area contributed by atoms with Crippen LogP contribution in [-0.2, 0) is 0 Å². The number of halogens is 1. The van der Waals surface area contributed by atoms with E-state index in [0.717, 1.165) is 11.5 Å². The molecule has 0 bridgehead atoms. The SMILES string of the molecule is O=c1cccc(-c2nc3c(-c4ccc(F)cc4)nsc3c(=O)[nH]2)[nH]1. The zero-order valence-electron chi connectivity index (χ0n) is 12.0. The van der Waals surface area contributed by atoms with E-state index in [9.17, 15) is 14.0 Å². The maximum Gasteiger partial charge on any atom is 0.270 e.